The number of hydrogen-bond acceptors (Lipinski definition) is 3. The standard InChI is InChI=1S/C17H26N2O2/c1-14(2)18-10-12-19(13-11-18)16(20)17(3,21-4)15-8-6-5-7-9-15/h5-9,14H,10-13H2,1-4H3. The van der Waals surface area contributed by atoms with Crippen molar-refractivity contribution >= 4 is 5.91 Å². The number of carbonyl (C=O) groups excluding carboxylic acids is 1. The predicted molar refractivity (Wildman–Crippen MR) is 84.1 cm³/mol. The van der Waals surface area contributed by atoms with E-state index in [1.165, 1.54) is 0 Å². The first-order valence-electron chi connectivity index (χ1n) is 7.63. The zero-order chi connectivity index (χ0) is 15.5. The van der Waals surface area contributed by atoms with E-state index in [0.29, 0.717) is 6.04 Å². The van der Waals surface area contributed by atoms with Gasteiger partial charge in [0.1, 0.15) is 0 Å². The lowest BCUT2D eigenvalue weighted by atomic mass is 9.93. The summed E-state index contributed by atoms with van der Waals surface area (Å²) in [5.74, 6) is 0.0552. The van der Waals surface area contributed by atoms with Gasteiger partial charge < -0.3 is 9.64 Å². The zero-order valence-corrected chi connectivity index (χ0v) is 13.5. The largest absolute Gasteiger partial charge is 0.364 e. The van der Waals surface area contributed by atoms with E-state index in [4.69, 9.17) is 4.74 Å². The van der Waals surface area contributed by atoms with Crippen molar-refractivity contribution in [3.8, 4) is 0 Å². The maximum atomic E-state index is 12.9. The van der Waals surface area contributed by atoms with Gasteiger partial charge in [-0.1, -0.05) is 30.3 Å². The Morgan fingerprint density at radius 3 is 2.19 bits per heavy atom. The minimum atomic E-state index is -0.902. The fourth-order valence-corrected chi connectivity index (χ4v) is 2.83. The molecule has 0 spiro atoms. The zero-order valence-electron chi connectivity index (χ0n) is 13.5. The fourth-order valence-electron chi connectivity index (χ4n) is 2.83. The molecule has 1 saturated heterocycles. The molecule has 1 unspecified atom stereocenters. The van der Waals surface area contributed by atoms with Gasteiger partial charge in [0.05, 0.1) is 0 Å². The summed E-state index contributed by atoms with van der Waals surface area (Å²) in [6, 6.07) is 10.3. The molecular weight excluding hydrogens is 264 g/mol. The van der Waals surface area contributed by atoms with Crippen LogP contribution in [0.4, 0.5) is 0 Å². The van der Waals surface area contributed by atoms with Crippen molar-refractivity contribution in [1.82, 2.24) is 9.80 Å². The number of rotatable bonds is 4. The second-order valence-electron chi connectivity index (χ2n) is 6.03. The monoisotopic (exact) mass is 290 g/mol. The lowest BCUT2D eigenvalue weighted by Gasteiger charge is -2.40. The molecule has 0 aromatic heterocycles. The van der Waals surface area contributed by atoms with Crippen LogP contribution in [-0.2, 0) is 15.1 Å². The molecule has 0 bridgehead atoms. The Labute approximate surface area is 127 Å². The van der Waals surface area contributed by atoms with Crippen LogP contribution in [0.5, 0.6) is 0 Å². The molecule has 0 saturated carbocycles. The van der Waals surface area contributed by atoms with Crippen molar-refractivity contribution in [2.24, 2.45) is 0 Å². The van der Waals surface area contributed by atoms with Crippen LogP contribution in [0.3, 0.4) is 0 Å². The van der Waals surface area contributed by atoms with Gasteiger partial charge in [-0.3, -0.25) is 9.69 Å². The summed E-state index contributed by atoms with van der Waals surface area (Å²) in [5, 5.41) is 0. The molecule has 2 rings (SSSR count). The van der Waals surface area contributed by atoms with Gasteiger partial charge in [-0.15, -0.1) is 0 Å². The molecule has 1 aliphatic rings. The smallest absolute Gasteiger partial charge is 0.259 e. The average molecular weight is 290 g/mol. The van der Waals surface area contributed by atoms with E-state index < -0.39 is 5.60 Å². The number of methoxy groups -OCH3 is 1. The molecule has 0 N–H and O–H groups in total. The third-order valence-corrected chi connectivity index (χ3v) is 4.47. The van der Waals surface area contributed by atoms with E-state index in [0.717, 1.165) is 31.7 Å². The van der Waals surface area contributed by atoms with Crippen LogP contribution in [0.25, 0.3) is 0 Å². The third kappa shape index (κ3) is 3.27. The van der Waals surface area contributed by atoms with Gasteiger partial charge >= 0.3 is 0 Å². The summed E-state index contributed by atoms with van der Waals surface area (Å²) < 4.78 is 5.61. The Hall–Kier alpha value is -1.39. The van der Waals surface area contributed by atoms with Crippen molar-refractivity contribution in [2.75, 3.05) is 33.3 Å². The number of nitrogens with zero attached hydrogens (tertiary/aromatic N) is 2. The second-order valence-corrected chi connectivity index (χ2v) is 6.03. The van der Waals surface area contributed by atoms with E-state index in [1.807, 2.05) is 42.2 Å². The Morgan fingerprint density at radius 2 is 1.71 bits per heavy atom. The molecule has 116 valence electrons. The first-order valence-corrected chi connectivity index (χ1v) is 7.63. The number of carbonyl (C=O) groups is 1. The predicted octanol–water partition coefficient (Wildman–Crippen LogP) is 2.10. The Bertz CT molecular complexity index is 467. The van der Waals surface area contributed by atoms with Crippen LogP contribution in [0.1, 0.15) is 26.3 Å². The van der Waals surface area contributed by atoms with Crippen molar-refractivity contribution in [3.05, 3.63) is 35.9 Å². The van der Waals surface area contributed by atoms with E-state index >= 15 is 0 Å². The topological polar surface area (TPSA) is 32.8 Å². The van der Waals surface area contributed by atoms with Crippen molar-refractivity contribution in [3.63, 3.8) is 0 Å². The quantitative estimate of drug-likeness (QED) is 0.851. The molecule has 1 fully saturated rings. The van der Waals surface area contributed by atoms with Crippen LogP contribution in [-0.4, -0.2) is 55.0 Å². The molecule has 1 amide bonds. The Kier molecular flexibility index (Phi) is 5.01. The molecule has 4 heteroatoms. The SMILES string of the molecule is COC(C)(C(=O)N1CCN(C(C)C)CC1)c1ccccc1. The maximum Gasteiger partial charge on any atom is 0.259 e. The minimum Gasteiger partial charge on any atom is -0.364 e. The van der Waals surface area contributed by atoms with E-state index in [2.05, 4.69) is 18.7 Å². The highest BCUT2D eigenvalue weighted by molar-refractivity contribution is 5.86. The molecule has 4 nitrogen and oxygen atoms in total. The molecule has 1 aromatic rings. The molecule has 0 aliphatic carbocycles. The summed E-state index contributed by atoms with van der Waals surface area (Å²) in [7, 11) is 1.61. The number of amides is 1. The van der Waals surface area contributed by atoms with E-state index in [9.17, 15) is 4.79 Å². The minimum absolute atomic E-state index is 0.0552. The Balaban J connectivity index is 2.11. The second kappa shape index (κ2) is 6.58. The van der Waals surface area contributed by atoms with Gasteiger partial charge in [-0.05, 0) is 26.3 Å². The summed E-state index contributed by atoms with van der Waals surface area (Å²) in [5.41, 5.74) is 0.00476. The van der Waals surface area contributed by atoms with E-state index in [-0.39, 0.29) is 5.91 Å². The molecule has 1 aromatic carbocycles. The van der Waals surface area contributed by atoms with Gasteiger partial charge in [0, 0.05) is 39.3 Å². The lowest BCUT2D eigenvalue weighted by Crippen LogP contribution is -2.55. The highest BCUT2D eigenvalue weighted by Crippen LogP contribution is 2.27. The number of piperazine rings is 1. The van der Waals surface area contributed by atoms with Gasteiger partial charge in [-0.2, -0.15) is 0 Å². The van der Waals surface area contributed by atoms with Crippen LogP contribution in [0.2, 0.25) is 0 Å². The molecule has 1 atom stereocenters. The highest BCUT2D eigenvalue weighted by Gasteiger charge is 2.39. The average Bonchev–Trinajstić information content (AvgIpc) is 2.54. The first kappa shape index (κ1) is 16.0. The third-order valence-electron chi connectivity index (χ3n) is 4.47. The van der Waals surface area contributed by atoms with E-state index in [1.54, 1.807) is 7.11 Å². The molecular formula is C17H26N2O2. The fraction of sp³-hybridized carbons (Fsp3) is 0.588. The summed E-state index contributed by atoms with van der Waals surface area (Å²) in [6.45, 7) is 9.64. The number of benzene rings is 1. The maximum absolute atomic E-state index is 12.9. The Morgan fingerprint density at radius 1 is 1.14 bits per heavy atom. The molecule has 1 aliphatic heterocycles. The number of hydrogen-bond donors (Lipinski definition) is 0. The van der Waals surface area contributed by atoms with Crippen molar-refractivity contribution in [2.45, 2.75) is 32.4 Å². The van der Waals surface area contributed by atoms with Crippen LogP contribution in [0.15, 0.2) is 30.3 Å². The molecule has 1 heterocycles. The summed E-state index contributed by atoms with van der Waals surface area (Å²) in [4.78, 5) is 17.2. The first-order chi connectivity index (χ1) is 9.99. The highest BCUT2D eigenvalue weighted by atomic mass is 16.5. The van der Waals surface area contributed by atoms with Gasteiger partial charge in [-0.25, -0.2) is 0 Å². The van der Waals surface area contributed by atoms with Crippen molar-refractivity contribution in [1.29, 1.82) is 0 Å². The summed E-state index contributed by atoms with van der Waals surface area (Å²) >= 11 is 0. The van der Waals surface area contributed by atoms with Gasteiger partial charge in [0.25, 0.3) is 5.91 Å². The van der Waals surface area contributed by atoms with Gasteiger partial charge in [0.15, 0.2) is 5.60 Å². The molecule has 21 heavy (non-hydrogen) atoms. The number of ether oxygens (including phenoxy) is 1. The normalized spacial score (nSPS) is 19.6. The van der Waals surface area contributed by atoms with Crippen LogP contribution in [0, 0.1) is 0 Å². The van der Waals surface area contributed by atoms with Crippen LogP contribution < -0.4 is 0 Å². The van der Waals surface area contributed by atoms with Crippen molar-refractivity contribution < 1.29 is 9.53 Å². The summed E-state index contributed by atoms with van der Waals surface area (Å²) in [6.07, 6.45) is 0. The van der Waals surface area contributed by atoms with Gasteiger partial charge in [0.2, 0.25) is 0 Å². The lowest BCUT2D eigenvalue weighted by molar-refractivity contribution is -0.156. The van der Waals surface area contributed by atoms with Crippen LogP contribution >= 0.6 is 0 Å². The molecule has 0 radical (unpaired) electrons.